The number of carbonyl (C=O) groups excluding carboxylic acids is 2. The van der Waals surface area contributed by atoms with E-state index in [1.807, 2.05) is 6.92 Å². The zero-order chi connectivity index (χ0) is 23.4. The molecule has 1 aromatic carbocycles. The van der Waals surface area contributed by atoms with Gasteiger partial charge < -0.3 is 15.4 Å². The van der Waals surface area contributed by atoms with Gasteiger partial charge in [-0.2, -0.15) is 13.9 Å². The Balaban J connectivity index is 1.54. The van der Waals surface area contributed by atoms with Gasteiger partial charge in [0.15, 0.2) is 5.65 Å². The van der Waals surface area contributed by atoms with Crippen LogP contribution in [0.25, 0.3) is 11.0 Å². The first-order valence-electron chi connectivity index (χ1n) is 10.9. The van der Waals surface area contributed by atoms with Crippen molar-refractivity contribution in [3.05, 3.63) is 47.8 Å². The molecule has 0 aliphatic heterocycles. The van der Waals surface area contributed by atoms with Crippen LogP contribution in [0.2, 0.25) is 0 Å². The van der Waals surface area contributed by atoms with Crippen molar-refractivity contribution in [2.24, 2.45) is 0 Å². The fourth-order valence-corrected chi connectivity index (χ4v) is 3.94. The second-order valence-corrected chi connectivity index (χ2v) is 7.91. The number of nitrogens with zero attached hydrogens (tertiary/aromatic N) is 3. The smallest absolute Gasteiger partial charge is 0.387 e. The maximum atomic E-state index is 13.1. The Kier molecular flexibility index (Phi) is 6.81. The molecule has 1 amide bonds. The molecule has 1 fully saturated rings. The number of amides is 1. The summed E-state index contributed by atoms with van der Waals surface area (Å²) in [5.41, 5.74) is 2.45. The quantitative estimate of drug-likeness (QED) is 0.532. The third-order valence-electron chi connectivity index (χ3n) is 5.70. The first-order valence-corrected chi connectivity index (χ1v) is 10.9. The molecule has 10 heteroatoms. The highest BCUT2D eigenvalue weighted by Gasteiger charge is 2.23. The van der Waals surface area contributed by atoms with Gasteiger partial charge in [-0.05, 0) is 37.5 Å². The van der Waals surface area contributed by atoms with E-state index in [1.54, 1.807) is 23.0 Å². The number of carbonyl (C=O) groups is 2. The van der Waals surface area contributed by atoms with E-state index in [4.69, 9.17) is 0 Å². The number of aryl methyl sites for hydroxylation is 1. The van der Waals surface area contributed by atoms with Crippen molar-refractivity contribution in [2.75, 3.05) is 5.32 Å². The van der Waals surface area contributed by atoms with Crippen LogP contribution in [0.5, 0.6) is 5.75 Å². The van der Waals surface area contributed by atoms with Crippen LogP contribution in [-0.2, 0) is 17.9 Å². The van der Waals surface area contributed by atoms with Crippen LogP contribution in [0.15, 0.2) is 36.7 Å². The molecule has 33 heavy (non-hydrogen) atoms. The lowest BCUT2D eigenvalue weighted by molar-refractivity contribution is -0.120. The monoisotopic (exact) mass is 457 g/mol. The van der Waals surface area contributed by atoms with Gasteiger partial charge in [-0.1, -0.05) is 12.1 Å². The van der Waals surface area contributed by atoms with Crippen molar-refractivity contribution < 1.29 is 23.1 Å². The van der Waals surface area contributed by atoms with E-state index in [0.717, 1.165) is 10.9 Å². The van der Waals surface area contributed by atoms with E-state index in [0.29, 0.717) is 49.1 Å². The molecule has 0 spiro atoms. The number of pyridine rings is 1. The van der Waals surface area contributed by atoms with Gasteiger partial charge >= 0.3 is 6.61 Å². The molecule has 8 nitrogen and oxygen atoms in total. The Bertz CT molecular complexity index is 1140. The minimum Gasteiger partial charge on any atom is -0.435 e. The molecule has 2 aromatic heterocycles. The lowest BCUT2D eigenvalue weighted by Crippen LogP contribution is -2.29. The summed E-state index contributed by atoms with van der Waals surface area (Å²) in [5.74, 6) is -0.00859. The third-order valence-corrected chi connectivity index (χ3v) is 5.70. The zero-order valence-electron chi connectivity index (χ0n) is 18.2. The van der Waals surface area contributed by atoms with E-state index in [9.17, 15) is 18.4 Å². The summed E-state index contributed by atoms with van der Waals surface area (Å²) in [4.78, 5) is 29.1. The number of alkyl halides is 2. The molecule has 0 radical (unpaired) electrons. The predicted molar refractivity (Wildman–Crippen MR) is 118 cm³/mol. The average Bonchev–Trinajstić information content (AvgIpc) is 3.23. The minimum absolute atomic E-state index is 0.0557. The number of halogens is 2. The van der Waals surface area contributed by atoms with Gasteiger partial charge in [0.05, 0.1) is 22.8 Å². The zero-order valence-corrected chi connectivity index (χ0v) is 18.2. The lowest BCUT2D eigenvalue weighted by Gasteiger charge is -2.24. The SMILES string of the molecule is CCn1ncc2c(NC3CCC(=O)CC3)c(C(=O)NCc3ccc(OC(F)F)cc3)cnc21. The van der Waals surface area contributed by atoms with Crippen LogP contribution in [0.3, 0.4) is 0 Å². The van der Waals surface area contributed by atoms with Crippen molar-refractivity contribution >= 4 is 28.4 Å². The van der Waals surface area contributed by atoms with E-state index in [2.05, 4.69) is 25.5 Å². The highest BCUT2D eigenvalue weighted by Crippen LogP contribution is 2.29. The summed E-state index contributed by atoms with van der Waals surface area (Å²) in [5, 5.41) is 11.4. The van der Waals surface area contributed by atoms with Crippen LogP contribution in [-0.4, -0.2) is 39.1 Å². The molecule has 174 valence electrons. The van der Waals surface area contributed by atoms with Crippen molar-refractivity contribution in [3.63, 3.8) is 0 Å². The number of benzene rings is 1. The molecule has 0 atom stereocenters. The molecule has 1 saturated carbocycles. The van der Waals surface area contributed by atoms with Crippen LogP contribution in [0, 0.1) is 0 Å². The second-order valence-electron chi connectivity index (χ2n) is 7.91. The number of aromatic nitrogens is 3. The normalized spacial score (nSPS) is 14.6. The molecule has 4 rings (SSSR count). The molecular weight excluding hydrogens is 432 g/mol. The van der Waals surface area contributed by atoms with Gasteiger partial charge in [0.25, 0.3) is 5.91 Å². The molecule has 3 aromatic rings. The van der Waals surface area contributed by atoms with E-state index >= 15 is 0 Å². The Labute approximate surface area is 189 Å². The molecule has 0 unspecified atom stereocenters. The Morgan fingerprint density at radius 1 is 1.21 bits per heavy atom. The Morgan fingerprint density at radius 3 is 2.61 bits per heavy atom. The summed E-state index contributed by atoms with van der Waals surface area (Å²) >= 11 is 0. The van der Waals surface area contributed by atoms with Gasteiger partial charge in [0, 0.05) is 38.2 Å². The number of Topliss-reactive ketones (excluding diaryl/α,β-unsaturated/α-hetero) is 1. The number of ketones is 1. The summed E-state index contributed by atoms with van der Waals surface area (Å²) in [6, 6.07) is 6.16. The van der Waals surface area contributed by atoms with Crippen LogP contribution in [0.4, 0.5) is 14.5 Å². The van der Waals surface area contributed by atoms with Gasteiger partial charge in [-0.15, -0.1) is 0 Å². The Hall–Kier alpha value is -3.56. The standard InChI is InChI=1S/C23H25F2N5O3/c1-2-30-21-18(13-28-30)20(29-15-5-7-16(31)8-6-15)19(12-26-21)22(32)27-11-14-3-9-17(10-4-14)33-23(24)25/h3-4,9-10,12-13,15,23H,2,5-8,11H2,1H3,(H,26,29)(H,27,32). The molecule has 1 aliphatic carbocycles. The van der Waals surface area contributed by atoms with Crippen molar-refractivity contribution in [2.45, 2.75) is 58.3 Å². The largest absolute Gasteiger partial charge is 0.435 e. The van der Waals surface area contributed by atoms with Crippen molar-refractivity contribution in [1.29, 1.82) is 0 Å². The highest BCUT2D eigenvalue weighted by molar-refractivity contribution is 6.06. The number of fused-ring (bicyclic) bond motifs is 1. The lowest BCUT2D eigenvalue weighted by atomic mass is 9.94. The van der Waals surface area contributed by atoms with Crippen LogP contribution >= 0.6 is 0 Å². The molecule has 2 heterocycles. The average molecular weight is 457 g/mol. The number of nitrogens with one attached hydrogen (secondary N) is 2. The molecule has 0 bridgehead atoms. The fourth-order valence-electron chi connectivity index (χ4n) is 3.94. The summed E-state index contributed by atoms with van der Waals surface area (Å²) in [7, 11) is 0. The molecule has 0 saturated heterocycles. The number of anilines is 1. The number of hydrogen-bond acceptors (Lipinski definition) is 6. The third kappa shape index (κ3) is 5.27. The van der Waals surface area contributed by atoms with Gasteiger partial charge in [0.1, 0.15) is 11.5 Å². The fraction of sp³-hybridized carbons (Fsp3) is 0.391. The summed E-state index contributed by atoms with van der Waals surface area (Å²) in [6.07, 6.45) is 5.68. The minimum atomic E-state index is -2.89. The van der Waals surface area contributed by atoms with E-state index in [-0.39, 0.29) is 30.0 Å². The maximum Gasteiger partial charge on any atom is 0.387 e. The highest BCUT2D eigenvalue weighted by atomic mass is 19.3. The van der Waals surface area contributed by atoms with E-state index in [1.165, 1.54) is 18.3 Å². The van der Waals surface area contributed by atoms with Crippen LogP contribution in [0.1, 0.15) is 48.5 Å². The Morgan fingerprint density at radius 2 is 1.94 bits per heavy atom. The number of ether oxygens (including phenoxy) is 1. The maximum absolute atomic E-state index is 13.1. The first kappa shape index (κ1) is 22.6. The van der Waals surface area contributed by atoms with Crippen molar-refractivity contribution in [3.8, 4) is 5.75 Å². The topological polar surface area (TPSA) is 98.1 Å². The van der Waals surface area contributed by atoms with Gasteiger partial charge in [0.2, 0.25) is 0 Å². The summed E-state index contributed by atoms with van der Waals surface area (Å²) < 4.78 is 30.7. The van der Waals surface area contributed by atoms with Gasteiger partial charge in [-0.25, -0.2) is 9.67 Å². The van der Waals surface area contributed by atoms with E-state index < -0.39 is 6.61 Å². The van der Waals surface area contributed by atoms with Crippen molar-refractivity contribution in [1.82, 2.24) is 20.1 Å². The number of rotatable bonds is 8. The molecular formula is C23H25F2N5O3. The number of hydrogen-bond donors (Lipinski definition) is 2. The predicted octanol–water partition coefficient (Wildman–Crippen LogP) is 3.91. The summed E-state index contributed by atoms with van der Waals surface area (Å²) in [6.45, 7) is -0.0721. The second kappa shape index (κ2) is 9.93. The van der Waals surface area contributed by atoms with Gasteiger partial charge in [-0.3, -0.25) is 9.59 Å². The van der Waals surface area contributed by atoms with Crippen LogP contribution < -0.4 is 15.4 Å². The first-order chi connectivity index (χ1) is 15.9. The molecule has 2 N–H and O–H groups in total. The molecule has 1 aliphatic rings.